The minimum absolute atomic E-state index is 0. The minimum atomic E-state index is 0. The molecule has 0 fully saturated rings. The maximum Gasteiger partial charge on any atom is 4.00 e. The van der Waals surface area contributed by atoms with Crippen molar-refractivity contribution in [3.8, 4) is 0 Å². The molecule has 0 aromatic carbocycles. The van der Waals surface area contributed by atoms with Gasteiger partial charge in [-0.1, -0.05) is 0 Å². The van der Waals surface area contributed by atoms with Gasteiger partial charge in [-0.15, -0.1) is 0 Å². The molecule has 2 nitrogen and oxygen atoms in total. The van der Waals surface area contributed by atoms with Crippen LogP contribution in [0.3, 0.4) is 0 Å². The summed E-state index contributed by atoms with van der Waals surface area (Å²) in [5.41, 5.74) is 0. The average Bonchev–Trinajstić information content (AvgIpc) is 0. The van der Waals surface area contributed by atoms with Gasteiger partial charge < -0.3 is 11.0 Å². The molecule has 0 unspecified atom stereocenters. The van der Waals surface area contributed by atoms with E-state index in [1.54, 1.807) is 0 Å². The summed E-state index contributed by atoms with van der Waals surface area (Å²) in [6, 6.07) is 0. The Morgan fingerprint density at radius 2 is 0.800 bits per heavy atom. The van der Waals surface area contributed by atoms with Gasteiger partial charge in [0.2, 0.25) is 0 Å². The Bertz CT molecular complexity index is 9.61. The van der Waals surface area contributed by atoms with Crippen molar-refractivity contribution in [3.63, 3.8) is 0 Å². The van der Waals surface area contributed by atoms with Crippen LogP contribution in [-0.4, -0.2) is 11.0 Å². The molecule has 1 radical (unpaired) electrons. The second-order valence-electron chi connectivity index (χ2n) is 0. The van der Waals surface area contributed by atoms with Gasteiger partial charge in [0.05, 0.1) is 0 Å². The Labute approximate surface area is 60.7 Å². The van der Waals surface area contributed by atoms with Crippen LogP contribution in [0.25, 0.3) is 0 Å². The molecule has 0 bridgehead atoms. The van der Waals surface area contributed by atoms with Crippen molar-refractivity contribution < 1.29 is 49.7 Å². The van der Waals surface area contributed by atoms with Crippen LogP contribution in [-0.2, 0) is 49.7 Å². The van der Waals surface area contributed by atoms with Crippen LogP contribution in [0.15, 0.2) is 0 Å². The van der Waals surface area contributed by atoms with Crippen molar-refractivity contribution in [2.45, 2.75) is 0 Å². The van der Waals surface area contributed by atoms with Crippen LogP contribution in [0.4, 0.5) is 0 Å². The summed E-state index contributed by atoms with van der Waals surface area (Å²) in [5.74, 6) is 0. The van der Waals surface area contributed by atoms with E-state index in [-0.39, 0.29) is 60.7 Å². The molecule has 0 amide bonds. The van der Waals surface area contributed by atoms with Gasteiger partial charge in [-0.05, 0) is 0 Å². The van der Waals surface area contributed by atoms with E-state index in [4.69, 9.17) is 0 Å². The van der Waals surface area contributed by atoms with E-state index in [1.807, 2.05) is 0 Å². The van der Waals surface area contributed by atoms with Crippen LogP contribution >= 0.6 is 0 Å². The Morgan fingerprint density at radius 1 is 0.800 bits per heavy atom. The van der Waals surface area contributed by atoms with Gasteiger partial charge in [-0.3, -0.25) is 0 Å². The van der Waals surface area contributed by atoms with Gasteiger partial charge in [-0.25, -0.2) is 0 Å². The van der Waals surface area contributed by atoms with E-state index in [2.05, 4.69) is 0 Å². The topological polar surface area (TPSA) is 57.0 Å². The largest absolute Gasteiger partial charge is 4.00 e. The SMILES string of the molecule is [Cu+2].[O-2].[O-2].[Si+4].[Ti+4]. The Hall–Kier alpha value is 1.37. The Morgan fingerprint density at radius 3 is 0.800 bits per heavy atom. The molecule has 0 N–H and O–H groups in total. The molecule has 5 heteroatoms. The summed E-state index contributed by atoms with van der Waals surface area (Å²) in [6.45, 7) is 0. The maximum atomic E-state index is 0. The molecule has 0 saturated carbocycles. The summed E-state index contributed by atoms with van der Waals surface area (Å²) in [6.07, 6.45) is 0. The van der Waals surface area contributed by atoms with E-state index in [1.165, 1.54) is 0 Å². The molecule has 0 aliphatic rings. The van der Waals surface area contributed by atoms with Gasteiger partial charge in [0.1, 0.15) is 0 Å². The summed E-state index contributed by atoms with van der Waals surface area (Å²) >= 11 is 0. The molecule has 0 rings (SSSR count). The van der Waals surface area contributed by atoms with E-state index in [9.17, 15) is 0 Å². The fourth-order valence-electron chi connectivity index (χ4n) is 0. The van der Waals surface area contributed by atoms with Gasteiger partial charge in [0.15, 0.2) is 0 Å². The molecule has 0 heterocycles. The minimum Gasteiger partial charge on any atom is -2.00 e. The van der Waals surface area contributed by atoms with Gasteiger partial charge >= 0.3 is 49.8 Å². The van der Waals surface area contributed by atoms with Crippen LogP contribution in [0.1, 0.15) is 0 Å². The first-order chi connectivity index (χ1) is 0. The van der Waals surface area contributed by atoms with Gasteiger partial charge in [0, 0.05) is 0 Å². The quantitative estimate of drug-likeness (QED) is 0.436. The average molecular weight is 171 g/mol. The summed E-state index contributed by atoms with van der Waals surface area (Å²) in [4.78, 5) is 0. The molecule has 0 atom stereocenters. The summed E-state index contributed by atoms with van der Waals surface area (Å²) < 4.78 is 0. The second kappa shape index (κ2) is 54.6. The first-order valence-corrected chi connectivity index (χ1v) is 0. The monoisotopic (exact) mass is 171 g/mol. The predicted molar refractivity (Wildman–Crippen MR) is 7.13 cm³/mol. The van der Waals surface area contributed by atoms with Gasteiger partial charge in [-0.2, -0.15) is 0 Å². The molecule has 0 aromatic heterocycles. The fourth-order valence-corrected chi connectivity index (χ4v) is 0. The Kier molecular flexibility index (Phi) is 1070. The van der Waals surface area contributed by atoms with Crippen molar-refractivity contribution in [1.82, 2.24) is 0 Å². The van der Waals surface area contributed by atoms with Crippen LogP contribution in [0, 0.1) is 0 Å². The molecular weight excluding hydrogens is 171 g/mol. The molecular formula is CuO2SiTi+6. The van der Waals surface area contributed by atoms with E-state index >= 15 is 0 Å². The maximum absolute atomic E-state index is 0. The third-order valence-corrected chi connectivity index (χ3v) is 0. The van der Waals surface area contributed by atoms with Crippen molar-refractivity contribution in [3.05, 3.63) is 0 Å². The first-order valence-electron chi connectivity index (χ1n) is 0. The molecule has 0 saturated heterocycles. The number of rotatable bonds is 0. The van der Waals surface area contributed by atoms with Crippen molar-refractivity contribution in [2.24, 2.45) is 0 Å². The van der Waals surface area contributed by atoms with E-state index in [0.717, 1.165) is 0 Å². The second-order valence-corrected chi connectivity index (χ2v) is 0. The van der Waals surface area contributed by atoms with E-state index < -0.39 is 0 Å². The molecule has 0 aliphatic heterocycles. The third kappa shape index (κ3) is 32.5. The zero-order valence-corrected chi connectivity index (χ0v) is 5.62. The standard InChI is InChI=1S/Cu.2O.Si.Ti/q+2;2*-2;2*+4. The van der Waals surface area contributed by atoms with Crippen LogP contribution in [0.5, 0.6) is 0 Å². The molecule has 0 spiro atoms. The summed E-state index contributed by atoms with van der Waals surface area (Å²) in [7, 11) is 0. The Balaban J connectivity index is 0. The van der Waals surface area contributed by atoms with Crippen LogP contribution in [0.2, 0.25) is 0 Å². The number of hydrogen-bond donors (Lipinski definition) is 0. The van der Waals surface area contributed by atoms with Gasteiger partial charge in [0.25, 0.3) is 0 Å². The first kappa shape index (κ1) is 97.8. The smallest absolute Gasteiger partial charge is 2.00 e. The molecule has 25 valence electrons. The zero-order chi connectivity index (χ0) is 0. The van der Waals surface area contributed by atoms with Crippen molar-refractivity contribution >= 4 is 11.0 Å². The molecule has 0 aromatic rings. The molecule has 5 heavy (non-hydrogen) atoms. The molecule has 0 aliphatic carbocycles. The summed E-state index contributed by atoms with van der Waals surface area (Å²) in [5, 5.41) is 0. The van der Waals surface area contributed by atoms with Crippen LogP contribution < -0.4 is 0 Å². The van der Waals surface area contributed by atoms with Crippen molar-refractivity contribution in [1.29, 1.82) is 0 Å². The predicted octanol–water partition coefficient (Wildman–Crippen LogP) is -0.623. The fraction of sp³-hybridized carbons (Fsp3) is 0. The van der Waals surface area contributed by atoms with Crippen molar-refractivity contribution in [2.75, 3.05) is 0 Å². The number of hydrogen-bond acceptors (Lipinski definition) is 0. The zero-order valence-electron chi connectivity index (χ0n) is 2.12. The normalized spacial score (nSPS) is 0. The van der Waals surface area contributed by atoms with E-state index in [0.29, 0.717) is 0 Å². The third-order valence-electron chi connectivity index (χ3n) is 0.